The highest BCUT2D eigenvalue weighted by atomic mass is 79.9. The Labute approximate surface area is 106 Å². The van der Waals surface area contributed by atoms with E-state index in [9.17, 15) is 9.50 Å². The number of halogens is 2. The minimum absolute atomic E-state index is 0.233. The van der Waals surface area contributed by atoms with Gasteiger partial charge < -0.3 is 10.8 Å². The number of hydrogen-bond acceptors (Lipinski definition) is 3. The van der Waals surface area contributed by atoms with Crippen LogP contribution in [-0.2, 0) is 0 Å². The number of nitrogens with two attached hydrogens (primary N) is 1. The lowest BCUT2D eigenvalue weighted by molar-refractivity contribution is 0.219. The number of rotatable bonds is 2. The first-order valence-electron chi connectivity index (χ1n) is 4.93. The number of aliphatic hydroxyl groups is 1. The predicted molar refractivity (Wildman–Crippen MR) is 66.8 cm³/mol. The van der Waals surface area contributed by atoms with E-state index >= 15 is 0 Å². The fourth-order valence-electron chi connectivity index (χ4n) is 1.55. The van der Waals surface area contributed by atoms with E-state index < -0.39 is 11.9 Å². The molecular formula is C12H10BrFN2O. The van der Waals surface area contributed by atoms with E-state index in [0.29, 0.717) is 15.6 Å². The Morgan fingerprint density at radius 2 is 2.06 bits per heavy atom. The molecule has 1 unspecified atom stereocenters. The third kappa shape index (κ3) is 2.45. The van der Waals surface area contributed by atoms with Gasteiger partial charge in [0.2, 0.25) is 0 Å². The van der Waals surface area contributed by atoms with Gasteiger partial charge in [-0.15, -0.1) is 0 Å². The van der Waals surface area contributed by atoms with Gasteiger partial charge in [-0.3, -0.25) is 0 Å². The van der Waals surface area contributed by atoms with Crippen LogP contribution in [0.1, 0.15) is 17.2 Å². The van der Waals surface area contributed by atoms with Crippen molar-refractivity contribution in [2.75, 3.05) is 5.73 Å². The molecule has 88 valence electrons. The lowest BCUT2D eigenvalue weighted by Gasteiger charge is -2.14. The standard InChI is InChI=1S/C12H10BrFN2O/c13-10-4-3-7(14)6-9(10)11(17)8-2-1-5-16-12(8)15/h1-6,11,17H,(H2,15,16). The molecule has 0 fully saturated rings. The summed E-state index contributed by atoms with van der Waals surface area (Å²) >= 11 is 3.27. The average Bonchev–Trinajstić information content (AvgIpc) is 2.32. The summed E-state index contributed by atoms with van der Waals surface area (Å²) in [6.45, 7) is 0. The molecule has 0 amide bonds. The molecule has 0 saturated heterocycles. The molecule has 0 aliphatic carbocycles. The molecule has 1 atom stereocenters. The fourth-order valence-corrected chi connectivity index (χ4v) is 2.02. The number of nitrogen functional groups attached to an aromatic ring is 1. The van der Waals surface area contributed by atoms with Gasteiger partial charge in [0.25, 0.3) is 0 Å². The first-order valence-corrected chi connectivity index (χ1v) is 5.72. The molecule has 0 bridgehead atoms. The van der Waals surface area contributed by atoms with Crippen molar-refractivity contribution < 1.29 is 9.50 Å². The lowest BCUT2D eigenvalue weighted by atomic mass is 10.0. The smallest absolute Gasteiger partial charge is 0.129 e. The third-order valence-corrected chi connectivity index (χ3v) is 3.14. The zero-order valence-electron chi connectivity index (χ0n) is 8.77. The highest BCUT2D eigenvalue weighted by Gasteiger charge is 2.17. The van der Waals surface area contributed by atoms with Crippen LogP contribution in [-0.4, -0.2) is 10.1 Å². The summed E-state index contributed by atoms with van der Waals surface area (Å²) in [5.41, 5.74) is 6.55. The van der Waals surface area contributed by atoms with Gasteiger partial charge >= 0.3 is 0 Å². The van der Waals surface area contributed by atoms with Crippen molar-refractivity contribution in [1.82, 2.24) is 4.98 Å². The average molecular weight is 297 g/mol. The molecule has 5 heteroatoms. The lowest BCUT2D eigenvalue weighted by Crippen LogP contribution is -2.06. The summed E-state index contributed by atoms with van der Waals surface area (Å²) in [5.74, 6) is -0.180. The molecule has 3 nitrogen and oxygen atoms in total. The summed E-state index contributed by atoms with van der Waals surface area (Å²) in [5, 5.41) is 10.2. The molecule has 1 heterocycles. The van der Waals surface area contributed by atoms with Gasteiger partial charge in [-0.1, -0.05) is 22.0 Å². The van der Waals surface area contributed by atoms with E-state index in [0.717, 1.165) is 0 Å². The van der Waals surface area contributed by atoms with Crippen molar-refractivity contribution in [3.05, 3.63) is 57.9 Å². The SMILES string of the molecule is Nc1ncccc1C(O)c1cc(F)ccc1Br. The molecule has 0 radical (unpaired) electrons. The first kappa shape index (κ1) is 12.0. The van der Waals surface area contributed by atoms with Crippen LogP contribution in [0.3, 0.4) is 0 Å². The second-order valence-electron chi connectivity index (χ2n) is 3.55. The van der Waals surface area contributed by atoms with Gasteiger partial charge in [-0.05, 0) is 24.3 Å². The second kappa shape index (κ2) is 4.81. The largest absolute Gasteiger partial charge is 0.383 e. The van der Waals surface area contributed by atoms with E-state index in [1.165, 1.54) is 18.3 Å². The van der Waals surface area contributed by atoms with Gasteiger partial charge in [0, 0.05) is 21.8 Å². The molecule has 1 aromatic carbocycles. The zero-order chi connectivity index (χ0) is 12.4. The van der Waals surface area contributed by atoms with Crippen molar-refractivity contribution in [3.8, 4) is 0 Å². The maximum atomic E-state index is 13.1. The fraction of sp³-hybridized carbons (Fsp3) is 0.0833. The molecule has 0 saturated carbocycles. The number of anilines is 1. The van der Waals surface area contributed by atoms with E-state index in [-0.39, 0.29) is 5.82 Å². The van der Waals surface area contributed by atoms with Crippen molar-refractivity contribution in [2.45, 2.75) is 6.10 Å². The second-order valence-corrected chi connectivity index (χ2v) is 4.40. The topological polar surface area (TPSA) is 59.1 Å². The Hall–Kier alpha value is -1.46. The van der Waals surface area contributed by atoms with Crippen LogP contribution < -0.4 is 5.73 Å². The summed E-state index contributed by atoms with van der Waals surface area (Å²) in [6, 6.07) is 7.45. The highest BCUT2D eigenvalue weighted by molar-refractivity contribution is 9.10. The van der Waals surface area contributed by atoms with Crippen molar-refractivity contribution in [2.24, 2.45) is 0 Å². The van der Waals surface area contributed by atoms with Gasteiger partial charge in [0.1, 0.15) is 17.7 Å². The minimum Gasteiger partial charge on any atom is -0.383 e. The van der Waals surface area contributed by atoms with Crippen LogP contribution in [0.15, 0.2) is 41.0 Å². The Bertz CT molecular complexity index is 548. The molecule has 17 heavy (non-hydrogen) atoms. The predicted octanol–water partition coefficient (Wildman–Crippen LogP) is 2.65. The van der Waals surface area contributed by atoms with Gasteiger partial charge in [-0.25, -0.2) is 9.37 Å². The Morgan fingerprint density at radius 3 is 2.76 bits per heavy atom. The zero-order valence-corrected chi connectivity index (χ0v) is 10.4. The van der Waals surface area contributed by atoms with E-state index in [2.05, 4.69) is 20.9 Å². The number of benzene rings is 1. The Morgan fingerprint density at radius 1 is 1.29 bits per heavy atom. The van der Waals surface area contributed by atoms with Gasteiger partial charge in [0.05, 0.1) is 0 Å². The monoisotopic (exact) mass is 296 g/mol. The van der Waals surface area contributed by atoms with Crippen LogP contribution in [0.4, 0.5) is 10.2 Å². The third-order valence-electron chi connectivity index (χ3n) is 2.42. The van der Waals surface area contributed by atoms with Crippen molar-refractivity contribution >= 4 is 21.7 Å². The summed E-state index contributed by atoms with van der Waals surface area (Å²) in [4.78, 5) is 3.89. The first-order chi connectivity index (χ1) is 8.09. The molecular weight excluding hydrogens is 287 g/mol. The van der Waals surface area contributed by atoms with Gasteiger partial charge in [-0.2, -0.15) is 0 Å². The van der Waals surface area contributed by atoms with E-state index in [1.807, 2.05) is 0 Å². The number of nitrogens with zero attached hydrogens (tertiary/aromatic N) is 1. The summed E-state index contributed by atoms with van der Waals surface area (Å²) in [7, 11) is 0. The van der Waals surface area contributed by atoms with Crippen molar-refractivity contribution in [1.29, 1.82) is 0 Å². The van der Waals surface area contributed by atoms with Crippen LogP contribution in [0.2, 0.25) is 0 Å². The molecule has 0 aliphatic heterocycles. The number of aliphatic hydroxyl groups excluding tert-OH is 1. The van der Waals surface area contributed by atoms with Crippen LogP contribution in [0.25, 0.3) is 0 Å². The van der Waals surface area contributed by atoms with Crippen LogP contribution in [0.5, 0.6) is 0 Å². The Kier molecular flexibility index (Phi) is 3.40. The van der Waals surface area contributed by atoms with E-state index in [1.54, 1.807) is 18.2 Å². The normalized spacial score (nSPS) is 12.4. The maximum Gasteiger partial charge on any atom is 0.129 e. The van der Waals surface area contributed by atoms with Crippen LogP contribution in [0, 0.1) is 5.82 Å². The van der Waals surface area contributed by atoms with Gasteiger partial charge in [0.15, 0.2) is 0 Å². The molecule has 2 aromatic rings. The maximum absolute atomic E-state index is 13.1. The number of pyridine rings is 1. The van der Waals surface area contributed by atoms with Crippen LogP contribution >= 0.6 is 15.9 Å². The molecule has 1 aromatic heterocycles. The number of aromatic nitrogens is 1. The van der Waals surface area contributed by atoms with E-state index in [4.69, 9.17) is 5.73 Å². The molecule has 3 N–H and O–H groups in total. The quantitative estimate of drug-likeness (QED) is 0.896. The minimum atomic E-state index is -1.01. The Balaban J connectivity index is 2.47. The summed E-state index contributed by atoms with van der Waals surface area (Å²) < 4.78 is 13.8. The molecule has 0 spiro atoms. The van der Waals surface area contributed by atoms with Crippen molar-refractivity contribution in [3.63, 3.8) is 0 Å². The number of hydrogen-bond donors (Lipinski definition) is 2. The summed E-state index contributed by atoms with van der Waals surface area (Å²) in [6.07, 6.45) is 0.528. The highest BCUT2D eigenvalue weighted by Crippen LogP contribution is 2.30. The molecule has 2 rings (SSSR count). The molecule has 0 aliphatic rings.